The number of benzene rings is 2. The average molecular weight is 1060 g/mol. The Morgan fingerprint density at radius 2 is 1.66 bits per heavy atom. The van der Waals surface area contributed by atoms with Crippen molar-refractivity contribution >= 4 is 46.5 Å². The van der Waals surface area contributed by atoms with Crippen LogP contribution in [0, 0.1) is 12.8 Å². The first-order valence-corrected chi connectivity index (χ1v) is 28.3. The van der Waals surface area contributed by atoms with E-state index in [9.17, 15) is 24.6 Å². The minimum absolute atomic E-state index is 0.0270. The van der Waals surface area contributed by atoms with Gasteiger partial charge >= 0.3 is 0 Å². The van der Waals surface area contributed by atoms with Gasteiger partial charge in [-0.2, -0.15) is 0 Å². The number of aromatic hydroxyl groups is 1. The highest BCUT2D eigenvalue weighted by Crippen LogP contribution is 2.41. The second kappa shape index (κ2) is 24.3. The second-order valence-electron chi connectivity index (χ2n) is 21.7. The number of halogens is 1. The van der Waals surface area contributed by atoms with E-state index in [-0.39, 0.29) is 62.0 Å². The van der Waals surface area contributed by atoms with Crippen LogP contribution in [0.4, 0.5) is 21.8 Å². The van der Waals surface area contributed by atoms with Gasteiger partial charge in [-0.15, -0.1) is 21.5 Å². The molecule has 2 saturated carbocycles. The number of nitrogens with one attached hydrogen (secondary N) is 2. The van der Waals surface area contributed by atoms with Gasteiger partial charge in [-0.3, -0.25) is 14.4 Å². The first-order chi connectivity index (χ1) is 36.7. The van der Waals surface area contributed by atoms with Crippen molar-refractivity contribution in [3.8, 4) is 27.4 Å². The zero-order chi connectivity index (χ0) is 53.5. The van der Waals surface area contributed by atoms with E-state index in [1.807, 2.05) is 67.3 Å². The number of amides is 3. The number of unbranched alkanes of at least 4 members (excludes halogenated alkanes) is 4. The van der Waals surface area contributed by atoms with Gasteiger partial charge in [0.25, 0.3) is 5.91 Å². The summed E-state index contributed by atoms with van der Waals surface area (Å²) < 4.78 is 15.1. The van der Waals surface area contributed by atoms with Crippen LogP contribution in [-0.2, 0) is 27.3 Å². The van der Waals surface area contributed by atoms with Crippen molar-refractivity contribution in [1.82, 2.24) is 45.6 Å². The third-order valence-electron chi connectivity index (χ3n) is 16.3. The van der Waals surface area contributed by atoms with Gasteiger partial charge in [0.15, 0.2) is 11.5 Å². The zero-order valence-corrected chi connectivity index (χ0v) is 45.2. The van der Waals surface area contributed by atoms with Gasteiger partial charge in [0.05, 0.1) is 33.6 Å². The summed E-state index contributed by atoms with van der Waals surface area (Å²) in [4.78, 5) is 64.9. The summed E-state index contributed by atoms with van der Waals surface area (Å²) in [6.45, 7) is 8.93. The van der Waals surface area contributed by atoms with Crippen molar-refractivity contribution in [3.63, 3.8) is 0 Å². The molecule has 3 aromatic heterocycles. The molecular formula is C57H75FN12O5S. The molecule has 17 nitrogen and oxygen atoms in total. The molecule has 3 amide bonds. The molecule has 4 fully saturated rings. The fourth-order valence-corrected chi connectivity index (χ4v) is 12.4. The van der Waals surface area contributed by atoms with E-state index < -0.39 is 35.7 Å². The number of piperazine rings is 1. The number of hydrogen-bond acceptors (Lipinski definition) is 15. The van der Waals surface area contributed by atoms with E-state index in [1.54, 1.807) is 23.5 Å². The molecule has 4 aliphatic rings. The van der Waals surface area contributed by atoms with Gasteiger partial charge in [-0.05, 0) is 132 Å². The molecule has 0 spiro atoms. The highest BCUT2D eigenvalue weighted by atomic mass is 32.1. The number of hydrogen-bond donors (Lipinski definition) is 5. The number of aryl methyl sites for hydroxylation is 2. The number of rotatable bonds is 21. The van der Waals surface area contributed by atoms with Crippen molar-refractivity contribution in [2.75, 3.05) is 48.8 Å². The molecule has 3 unspecified atom stereocenters. The Labute approximate surface area is 449 Å². The van der Waals surface area contributed by atoms with Crippen molar-refractivity contribution in [2.45, 2.75) is 159 Å². The number of nitrogen functional groups attached to an aromatic ring is 1. The molecule has 0 radical (unpaired) electrons. The van der Waals surface area contributed by atoms with Crippen LogP contribution in [0.3, 0.4) is 0 Å². The second-order valence-corrected chi connectivity index (χ2v) is 22.5. The Kier molecular flexibility index (Phi) is 17.5. The van der Waals surface area contributed by atoms with Crippen LogP contribution in [-0.4, -0.2) is 138 Å². The highest BCUT2D eigenvalue weighted by molar-refractivity contribution is 7.13. The number of nitrogens with two attached hydrogens (primary N) is 1. The van der Waals surface area contributed by atoms with Crippen LogP contribution in [0.15, 0.2) is 72.5 Å². The lowest BCUT2D eigenvalue weighted by molar-refractivity contribution is -0.144. The van der Waals surface area contributed by atoms with Crippen LogP contribution in [0.2, 0.25) is 0 Å². The van der Waals surface area contributed by atoms with Crippen LogP contribution < -0.4 is 26.2 Å². The third-order valence-corrected chi connectivity index (χ3v) is 17.2. The van der Waals surface area contributed by atoms with Gasteiger partial charge in [0.2, 0.25) is 17.8 Å². The Hall–Kier alpha value is -6.31. The number of aliphatic hydroxyl groups excluding tert-OH is 1. The summed E-state index contributed by atoms with van der Waals surface area (Å²) in [5, 5.41) is 35.5. The number of para-hydroxylation sites is 1. The maximum atomic E-state index is 15.1. The van der Waals surface area contributed by atoms with E-state index in [0.717, 1.165) is 110 Å². The first kappa shape index (κ1) is 54.5. The topological polar surface area (TPSA) is 219 Å². The van der Waals surface area contributed by atoms with E-state index in [0.29, 0.717) is 42.5 Å². The molecule has 19 heteroatoms. The van der Waals surface area contributed by atoms with Crippen molar-refractivity contribution < 1.29 is 29.0 Å². The SMILES string of the molecule is CCC1CN(c2cc(-c3ccccc3O)nnc2N)CC(C)N1c1ncc(CCCCCCCN(C)C2CCC(C(NC(=O)C3(F)CC3)C(=O)N3C[C@H](O)C[C@H]3C(=O)NCc3ccc(-c4scnc4C)cc3)CC2)cn1. The van der Waals surface area contributed by atoms with E-state index in [4.69, 9.17) is 15.7 Å². The standard InChI is InChI=1S/C57H75FN12O5S/c1-5-42-33-68(47-28-46(65-66-52(47)59)45-14-10-11-15-49(45)72)32-36(2)70(42)56-61-30-39(31-62-56)13-9-7-6-8-12-26-67(4)43-22-20-40(21-23-43)50(64-55(75)57(58)24-25-57)54(74)69-34-44(71)27-48(69)53(73)60-29-38-16-18-41(19-17-38)51-37(3)63-35-76-51/h10-11,14-19,28,30-31,35-36,40,42-44,48,50,71-72H,5-9,12-13,20-27,29,32-34H2,1-4H3,(H2,59,66)(H,60,73)(H,64,75)/t36?,40?,42?,43?,44-,48+,50?/m1/s1. The summed E-state index contributed by atoms with van der Waals surface area (Å²) in [7, 11) is 2.16. The number of phenolic OH excluding ortho intramolecular Hbond substituents is 1. The lowest BCUT2D eigenvalue weighted by atomic mass is 9.80. The number of nitrogens with zero attached hydrogens (tertiary/aromatic N) is 9. The lowest BCUT2D eigenvalue weighted by Crippen LogP contribution is -2.58. The number of carbonyl (C=O) groups is 3. The van der Waals surface area contributed by atoms with Crippen LogP contribution >= 0.6 is 11.3 Å². The van der Waals surface area contributed by atoms with Gasteiger partial charge in [0, 0.05) is 68.7 Å². The number of anilines is 3. The van der Waals surface area contributed by atoms with E-state index in [2.05, 4.69) is 61.4 Å². The van der Waals surface area contributed by atoms with Gasteiger partial charge in [-0.1, -0.05) is 62.6 Å². The largest absolute Gasteiger partial charge is 0.507 e. The number of alkyl halides is 1. The Balaban J connectivity index is 0.700. The molecule has 2 saturated heterocycles. The van der Waals surface area contributed by atoms with Crippen molar-refractivity contribution in [3.05, 3.63) is 89.3 Å². The molecule has 5 heterocycles. The minimum atomic E-state index is -1.96. The fourth-order valence-electron chi connectivity index (χ4n) is 11.6. The summed E-state index contributed by atoms with van der Waals surface area (Å²) in [5.74, 6) is -0.549. The zero-order valence-electron chi connectivity index (χ0n) is 44.4. The summed E-state index contributed by atoms with van der Waals surface area (Å²) >= 11 is 1.58. The van der Waals surface area contributed by atoms with E-state index in [1.165, 1.54) is 4.90 Å². The maximum absolute atomic E-state index is 15.1. The molecule has 2 aromatic carbocycles. The normalized spacial score (nSPS) is 22.6. The smallest absolute Gasteiger partial charge is 0.258 e. The molecule has 5 atom stereocenters. The van der Waals surface area contributed by atoms with Crippen molar-refractivity contribution in [1.29, 1.82) is 0 Å². The van der Waals surface area contributed by atoms with Crippen LogP contribution in [0.1, 0.15) is 114 Å². The molecule has 76 heavy (non-hydrogen) atoms. The molecular weight excluding hydrogens is 984 g/mol. The molecule has 9 rings (SSSR count). The predicted octanol–water partition coefficient (Wildman–Crippen LogP) is 7.40. The number of likely N-dealkylation sites (tertiary alicyclic amines) is 1. The minimum Gasteiger partial charge on any atom is -0.507 e. The Morgan fingerprint density at radius 1 is 0.934 bits per heavy atom. The summed E-state index contributed by atoms with van der Waals surface area (Å²) in [5.41, 5.74) is 12.3. The quantitative estimate of drug-likeness (QED) is 0.0453. The van der Waals surface area contributed by atoms with Crippen LogP contribution in [0.25, 0.3) is 21.7 Å². The molecule has 5 aromatic rings. The van der Waals surface area contributed by atoms with Gasteiger partial charge < -0.3 is 46.2 Å². The number of aliphatic hydroxyl groups is 1. The fraction of sp³-hybridized carbons (Fsp3) is 0.544. The monoisotopic (exact) mass is 1060 g/mol. The number of aromatic nitrogens is 5. The Bertz CT molecular complexity index is 2770. The molecule has 406 valence electrons. The molecule has 6 N–H and O–H groups in total. The first-order valence-electron chi connectivity index (χ1n) is 27.4. The van der Waals surface area contributed by atoms with Gasteiger partial charge in [0.1, 0.15) is 17.8 Å². The Morgan fingerprint density at radius 3 is 2.36 bits per heavy atom. The average Bonchev–Trinajstić information content (AvgIpc) is 3.86. The number of thiazole rings is 1. The molecule has 2 aliphatic heterocycles. The number of carbonyl (C=O) groups excluding carboxylic acids is 3. The summed E-state index contributed by atoms with van der Waals surface area (Å²) in [6, 6.07) is 15.6. The maximum Gasteiger partial charge on any atom is 0.258 e. The van der Waals surface area contributed by atoms with Crippen molar-refractivity contribution in [2.24, 2.45) is 5.92 Å². The molecule has 2 aliphatic carbocycles. The highest BCUT2D eigenvalue weighted by Gasteiger charge is 2.53. The number of β-amino-alcohol motifs (C(OH)–C–C–N with tert-alkyl or cyclic N) is 1. The molecule has 0 bridgehead atoms. The van der Waals surface area contributed by atoms with Crippen LogP contribution in [0.5, 0.6) is 5.75 Å². The predicted molar refractivity (Wildman–Crippen MR) is 294 cm³/mol. The van der Waals surface area contributed by atoms with E-state index >= 15 is 4.39 Å². The van der Waals surface area contributed by atoms with Gasteiger partial charge in [-0.25, -0.2) is 19.3 Å². The third kappa shape index (κ3) is 12.7. The lowest BCUT2D eigenvalue weighted by Gasteiger charge is -2.46. The number of phenols is 1. The summed E-state index contributed by atoms with van der Waals surface area (Å²) in [6.07, 6.45) is 13.8.